The van der Waals surface area contributed by atoms with E-state index in [1.807, 2.05) is 38.1 Å². The van der Waals surface area contributed by atoms with Crippen molar-refractivity contribution in [1.82, 2.24) is 15.0 Å². The van der Waals surface area contributed by atoms with Crippen LogP contribution in [0.3, 0.4) is 0 Å². The Morgan fingerprint density at radius 2 is 1.50 bits per heavy atom. The molecule has 3 rings (SSSR count). The predicted molar refractivity (Wildman–Crippen MR) is 96.1 cm³/mol. The van der Waals surface area contributed by atoms with Crippen molar-refractivity contribution in [3.63, 3.8) is 0 Å². The molecule has 0 spiro atoms. The van der Waals surface area contributed by atoms with E-state index in [1.54, 1.807) is 20.8 Å². The Labute approximate surface area is 152 Å². The molecule has 7 nitrogen and oxygen atoms in total. The summed E-state index contributed by atoms with van der Waals surface area (Å²) >= 11 is 0. The van der Waals surface area contributed by atoms with Crippen molar-refractivity contribution in [3.05, 3.63) is 52.7 Å². The van der Waals surface area contributed by atoms with Crippen molar-refractivity contribution in [2.75, 3.05) is 0 Å². The van der Waals surface area contributed by atoms with Crippen LogP contribution in [0.25, 0.3) is 11.1 Å². The Balaban J connectivity index is 1.84. The van der Waals surface area contributed by atoms with E-state index in [0.717, 1.165) is 28.1 Å². The van der Waals surface area contributed by atoms with Crippen LogP contribution in [0.15, 0.2) is 38.2 Å². The molecule has 1 atom stereocenters. The van der Waals surface area contributed by atoms with Gasteiger partial charge < -0.3 is 9.05 Å². The zero-order valence-corrected chi connectivity index (χ0v) is 16.1. The van der Waals surface area contributed by atoms with Gasteiger partial charge in [0.15, 0.2) is 5.76 Å². The summed E-state index contributed by atoms with van der Waals surface area (Å²) in [6.45, 7) is 8.73. The summed E-state index contributed by atoms with van der Waals surface area (Å²) in [6.07, 6.45) is 0. The van der Waals surface area contributed by atoms with Crippen LogP contribution in [0.2, 0.25) is 0 Å². The van der Waals surface area contributed by atoms with Crippen LogP contribution in [0.4, 0.5) is 0 Å². The largest absolute Gasteiger partial charge is 0.361 e. The SMILES string of the molecule is Cc1noc(C)c1-c1ccc([C@@H](C)NS(=O)(=O)c2c(C)noc2C)cc1. The van der Waals surface area contributed by atoms with Gasteiger partial charge in [0.05, 0.1) is 5.69 Å². The number of sulfonamides is 1. The van der Waals surface area contributed by atoms with E-state index in [-0.39, 0.29) is 10.7 Å². The molecular formula is C18H21N3O4S. The second-order valence-corrected chi connectivity index (χ2v) is 7.97. The molecule has 0 amide bonds. The van der Waals surface area contributed by atoms with Crippen molar-refractivity contribution in [1.29, 1.82) is 0 Å². The van der Waals surface area contributed by atoms with Crippen molar-refractivity contribution in [2.24, 2.45) is 0 Å². The number of hydrogen-bond donors (Lipinski definition) is 1. The second kappa shape index (κ2) is 6.69. The van der Waals surface area contributed by atoms with Gasteiger partial charge in [-0.3, -0.25) is 0 Å². The summed E-state index contributed by atoms with van der Waals surface area (Å²) in [4.78, 5) is 0.0942. The van der Waals surface area contributed by atoms with Crippen LogP contribution >= 0.6 is 0 Å². The fourth-order valence-corrected chi connectivity index (χ4v) is 4.61. The maximum absolute atomic E-state index is 12.6. The highest BCUT2D eigenvalue weighted by Crippen LogP contribution is 2.28. The lowest BCUT2D eigenvalue weighted by Gasteiger charge is -2.15. The first-order valence-corrected chi connectivity index (χ1v) is 9.67. The first kappa shape index (κ1) is 18.3. The molecule has 2 heterocycles. The molecule has 3 aromatic rings. The van der Waals surface area contributed by atoms with Crippen LogP contribution in [0.1, 0.15) is 41.4 Å². The molecule has 0 radical (unpaired) electrons. The first-order valence-electron chi connectivity index (χ1n) is 8.19. The van der Waals surface area contributed by atoms with Crippen molar-refractivity contribution >= 4 is 10.0 Å². The molecule has 0 aliphatic rings. The summed E-state index contributed by atoms with van der Waals surface area (Å²) in [7, 11) is -3.72. The van der Waals surface area contributed by atoms with Gasteiger partial charge in [-0.05, 0) is 45.7 Å². The Hall–Kier alpha value is -2.45. The topological polar surface area (TPSA) is 98.2 Å². The third-order valence-electron chi connectivity index (χ3n) is 4.30. The summed E-state index contributed by atoms with van der Waals surface area (Å²) in [5.41, 5.74) is 3.94. The number of rotatable bonds is 5. The van der Waals surface area contributed by atoms with E-state index >= 15 is 0 Å². The molecule has 0 aliphatic heterocycles. The molecule has 0 saturated heterocycles. The molecule has 0 aliphatic carbocycles. The first-order chi connectivity index (χ1) is 12.2. The van der Waals surface area contributed by atoms with E-state index in [9.17, 15) is 8.42 Å². The molecule has 2 aromatic heterocycles. The van der Waals surface area contributed by atoms with Crippen molar-refractivity contribution in [3.8, 4) is 11.1 Å². The van der Waals surface area contributed by atoms with Gasteiger partial charge in [0, 0.05) is 11.6 Å². The van der Waals surface area contributed by atoms with Crippen molar-refractivity contribution in [2.45, 2.75) is 45.6 Å². The van der Waals surface area contributed by atoms with Gasteiger partial charge in [0.1, 0.15) is 16.3 Å². The number of hydrogen-bond acceptors (Lipinski definition) is 6. The minimum atomic E-state index is -3.72. The molecule has 138 valence electrons. The third-order valence-corrected chi connectivity index (χ3v) is 6.09. The quantitative estimate of drug-likeness (QED) is 0.731. The van der Waals surface area contributed by atoms with E-state index in [1.165, 1.54) is 0 Å². The minimum absolute atomic E-state index is 0.0942. The lowest BCUT2D eigenvalue weighted by Crippen LogP contribution is -2.27. The predicted octanol–water partition coefficient (Wildman–Crippen LogP) is 3.60. The van der Waals surface area contributed by atoms with E-state index < -0.39 is 16.1 Å². The van der Waals surface area contributed by atoms with Crippen LogP contribution in [-0.4, -0.2) is 18.7 Å². The summed E-state index contributed by atoms with van der Waals surface area (Å²) in [6, 6.07) is 7.24. The maximum atomic E-state index is 12.6. The number of nitrogens with zero attached hydrogens (tertiary/aromatic N) is 2. The molecule has 8 heteroatoms. The van der Waals surface area contributed by atoms with Gasteiger partial charge >= 0.3 is 0 Å². The summed E-state index contributed by atoms with van der Waals surface area (Å²) in [5, 5.41) is 7.67. The lowest BCUT2D eigenvalue weighted by molar-refractivity contribution is 0.390. The fourth-order valence-electron chi connectivity index (χ4n) is 3.05. The molecule has 0 fully saturated rings. The van der Waals surface area contributed by atoms with Gasteiger partial charge in [0.25, 0.3) is 0 Å². The van der Waals surface area contributed by atoms with Gasteiger partial charge in [-0.2, -0.15) is 0 Å². The highest BCUT2D eigenvalue weighted by molar-refractivity contribution is 7.89. The zero-order chi connectivity index (χ0) is 19.1. The molecule has 0 saturated carbocycles. The number of benzene rings is 1. The van der Waals surface area contributed by atoms with Crippen LogP contribution in [0.5, 0.6) is 0 Å². The lowest BCUT2D eigenvalue weighted by atomic mass is 10.0. The molecule has 26 heavy (non-hydrogen) atoms. The normalized spacial score (nSPS) is 13.1. The van der Waals surface area contributed by atoms with Crippen LogP contribution in [-0.2, 0) is 10.0 Å². The van der Waals surface area contributed by atoms with Gasteiger partial charge in [-0.1, -0.05) is 34.6 Å². The molecule has 1 N–H and O–H groups in total. The molecular weight excluding hydrogens is 354 g/mol. The monoisotopic (exact) mass is 375 g/mol. The fraction of sp³-hybridized carbons (Fsp3) is 0.333. The number of aromatic nitrogens is 2. The van der Waals surface area contributed by atoms with Gasteiger partial charge in [0.2, 0.25) is 10.0 Å². The molecule has 1 aromatic carbocycles. The smallest absolute Gasteiger partial charge is 0.246 e. The van der Waals surface area contributed by atoms with E-state index in [2.05, 4.69) is 15.0 Å². The third kappa shape index (κ3) is 3.30. The Morgan fingerprint density at radius 1 is 0.923 bits per heavy atom. The van der Waals surface area contributed by atoms with Gasteiger partial charge in [-0.25, -0.2) is 13.1 Å². The maximum Gasteiger partial charge on any atom is 0.246 e. The molecule has 0 bridgehead atoms. The van der Waals surface area contributed by atoms with Gasteiger partial charge in [-0.15, -0.1) is 0 Å². The number of aryl methyl sites for hydroxylation is 4. The standard InChI is InChI=1S/C18H21N3O4S/c1-10(21-26(22,23)18-12(3)20-25-14(18)5)15-6-8-16(9-7-15)17-11(2)19-24-13(17)4/h6-10,21H,1-5H3/t10-/m1/s1. The Morgan fingerprint density at radius 3 is 2.00 bits per heavy atom. The average Bonchev–Trinajstić information content (AvgIpc) is 3.09. The van der Waals surface area contributed by atoms with Crippen LogP contribution < -0.4 is 4.72 Å². The van der Waals surface area contributed by atoms with Crippen molar-refractivity contribution < 1.29 is 17.5 Å². The summed E-state index contributed by atoms with van der Waals surface area (Å²) < 4.78 is 38.1. The highest BCUT2D eigenvalue weighted by Gasteiger charge is 2.26. The van der Waals surface area contributed by atoms with E-state index in [4.69, 9.17) is 9.05 Å². The summed E-state index contributed by atoms with van der Waals surface area (Å²) in [5.74, 6) is 1.03. The minimum Gasteiger partial charge on any atom is -0.361 e. The second-order valence-electron chi connectivity index (χ2n) is 6.32. The highest BCUT2D eigenvalue weighted by atomic mass is 32.2. The molecule has 0 unspecified atom stereocenters. The Kier molecular flexibility index (Phi) is 4.72. The van der Waals surface area contributed by atoms with E-state index in [0.29, 0.717) is 5.69 Å². The average molecular weight is 375 g/mol. The number of nitrogens with one attached hydrogen (secondary N) is 1. The Bertz CT molecular complexity index is 994. The van der Waals surface area contributed by atoms with Crippen LogP contribution in [0, 0.1) is 27.7 Å². The zero-order valence-electron chi connectivity index (χ0n) is 15.3.